The zero-order valence-corrected chi connectivity index (χ0v) is 10.6. The van der Waals surface area contributed by atoms with Gasteiger partial charge in [-0.05, 0) is 19.4 Å². The quantitative estimate of drug-likeness (QED) is 0.793. The number of fused-ring (bicyclic) bond motifs is 1. The van der Waals surface area contributed by atoms with Crippen molar-refractivity contribution in [2.45, 2.75) is 33.0 Å². The highest BCUT2D eigenvalue weighted by Gasteiger charge is 2.32. The molecule has 1 heterocycles. The smallest absolute Gasteiger partial charge is 0.342 e. The minimum atomic E-state index is -0.639. The lowest BCUT2D eigenvalue weighted by atomic mass is 9.94. The fourth-order valence-electron chi connectivity index (χ4n) is 2.32. The number of ether oxygens (including phenoxy) is 2. The van der Waals surface area contributed by atoms with E-state index in [9.17, 15) is 15.0 Å². The van der Waals surface area contributed by atoms with E-state index in [0.717, 1.165) is 5.56 Å². The van der Waals surface area contributed by atoms with Crippen LogP contribution < -0.4 is 4.74 Å². The number of phenolic OH excluding ortho intramolecular Hbond substituents is 1. The van der Waals surface area contributed by atoms with Crippen molar-refractivity contribution in [3.8, 4) is 11.5 Å². The first-order chi connectivity index (χ1) is 8.47. The third-order valence-corrected chi connectivity index (χ3v) is 3.15. The van der Waals surface area contributed by atoms with E-state index in [-0.39, 0.29) is 24.3 Å². The number of aromatic hydroxyl groups is 1. The van der Waals surface area contributed by atoms with E-state index in [1.807, 2.05) is 6.92 Å². The van der Waals surface area contributed by atoms with E-state index in [2.05, 4.69) is 0 Å². The minimum Gasteiger partial charge on any atom is -0.507 e. The summed E-state index contributed by atoms with van der Waals surface area (Å²) in [5, 5.41) is 19.6. The van der Waals surface area contributed by atoms with Gasteiger partial charge in [0, 0.05) is 17.5 Å². The number of aliphatic hydroxyl groups excluding tert-OH is 1. The Morgan fingerprint density at radius 3 is 2.72 bits per heavy atom. The first kappa shape index (κ1) is 12.7. The summed E-state index contributed by atoms with van der Waals surface area (Å²) >= 11 is 0. The number of hydrogen-bond acceptors (Lipinski definition) is 5. The number of esters is 1. The van der Waals surface area contributed by atoms with Crippen LogP contribution >= 0.6 is 0 Å². The van der Waals surface area contributed by atoms with Gasteiger partial charge in [0.2, 0.25) is 0 Å². The lowest BCUT2D eigenvalue weighted by Crippen LogP contribution is -2.09. The van der Waals surface area contributed by atoms with Crippen molar-refractivity contribution in [2.75, 3.05) is 7.11 Å². The maximum atomic E-state index is 11.6. The molecule has 1 aliphatic rings. The fourth-order valence-corrected chi connectivity index (χ4v) is 2.32. The molecule has 1 aliphatic heterocycles. The molecule has 2 rings (SSSR count). The van der Waals surface area contributed by atoms with E-state index in [1.54, 1.807) is 6.92 Å². The number of cyclic esters (lactones) is 1. The molecule has 1 aromatic rings. The number of phenols is 1. The van der Waals surface area contributed by atoms with Crippen molar-refractivity contribution in [2.24, 2.45) is 0 Å². The normalized spacial score (nSPS) is 15.2. The predicted molar refractivity (Wildman–Crippen MR) is 63.9 cm³/mol. The van der Waals surface area contributed by atoms with Crippen molar-refractivity contribution in [3.05, 3.63) is 22.3 Å². The molecule has 0 amide bonds. The monoisotopic (exact) mass is 252 g/mol. The van der Waals surface area contributed by atoms with Gasteiger partial charge >= 0.3 is 5.97 Å². The molecule has 0 aromatic heterocycles. The number of methoxy groups -OCH3 is 1. The average Bonchev–Trinajstić information content (AvgIpc) is 2.68. The van der Waals surface area contributed by atoms with Crippen molar-refractivity contribution in [1.82, 2.24) is 0 Å². The first-order valence-electron chi connectivity index (χ1n) is 5.73. The molecule has 0 saturated carbocycles. The summed E-state index contributed by atoms with van der Waals surface area (Å²) in [5.41, 5.74) is 2.07. The summed E-state index contributed by atoms with van der Waals surface area (Å²) in [6.07, 6.45) is -0.421. The van der Waals surface area contributed by atoms with Crippen LogP contribution in [-0.2, 0) is 17.8 Å². The van der Waals surface area contributed by atoms with Crippen LogP contribution in [-0.4, -0.2) is 29.4 Å². The van der Waals surface area contributed by atoms with Gasteiger partial charge < -0.3 is 19.7 Å². The average molecular weight is 252 g/mol. The minimum absolute atomic E-state index is 0.143. The van der Waals surface area contributed by atoms with Crippen molar-refractivity contribution in [3.63, 3.8) is 0 Å². The van der Waals surface area contributed by atoms with Gasteiger partial charge in [-0.15, -0.1) is 0 Å². The van der Waals surface area contributed by atoms with Crippen LogP contribution in [0.5, 0.6) is 11.5 Å². The third-order valence-electron chi connectivity index (χ3n) is 3.15. The zero-order chi connectivity index (χ0) is 13.4. The van der Waals surface area contributed by atoms with Crippen molar-refractivity contribution in [1.29, 1.82) is 0 Å². The Bertz CT molecular complexity index is 505. The van der Waals surface area contributed by atoms with Crippen LogP contribution in [0.25, 0.3) is 0 Å². The Morgan fingerprint density at radius 2 is 2.17 bits per heavy atom. The molecule has 0 aliphatic carbocycles. The molecule has 5 heteroatoms. The molecule has 18 heavy (non-hydrogen) atoms. The molecule has 0 saturated heterocycles. The van der Waals surface area contributed by atoms with Crippen molar-refractivity contribution < 1.29 is 24.5 Å². The molecular weight excluding hydrogens is 236 g/mol. The highest BCUT2D eigenvalue weighted by atomic mass is 16.5. The molecular formula is C13H16O5. The zero-order valence-electron chi connectivity index (χ0n) is 10.6. The summed E-state index contributed by atoms with van der Waals surface area (Å²) in [6.45, 7) is 3.57. The van der Waals surface area contributed by atoms with E-state index in [4.69, 9.17) is 9.47 Å². The van der Waals surface area contributed by atoms with Gasteiger partial charge in [-0.3, -0.25) is 0 Å². The number of hydrogen-bond donors (Lipinski definition) is 2. The topological polar surface area (TPSA) is 76.0 Å². The number of benzene rings is 1. The second-order valence-corrected chi connectivity index (χ2v) is 4.47. The standard InChI is InChI=1S/C13H16O5/c1-6(14)4-8-11(15)10-9(5-18-13(10)16)7(2)12(8)17-3/h6,14-15H,4-5H2,1-3H3/t6-/m1/s1. The number of aliphatic hydroxyl groups is 1. The lowest BCUT2D eigenvalue weighted by molar-refractivity contribution is 0.0532. The van der Waals surface area contributed by atoms with Crippen molar-refractivity contribution >= 4 is 5.97 Å². The summed E-state index contributed by atoms with van der Waals surface area (Å²) in [5.74, 6) is -0.165. The van der Waals surface area contributed by atoms with Crippen LogP contribution in [0.2, 0.25) is 0 Å². The van der Waals surface area contributed by atoms with E-state index in [0.29, 0.717) is 16.9 Å². The maximum absolute atomic E-state index is 11.6. The van der Waals surface area contributed by atoms with Crippen LogP contribution in [0.4, 0.5) is 0 Å². The Balaban J connectivity index is 2.69. The van der Waals surface area contributed by atoms with Crippen LogP contribution in [0.3, 0.4) is 0 Å². The van der Waals surface area contributed by atoms with E-state index >= 15 is 0 Å². The Kier molecular flexibility index (Phi) is 3.17. The molecule has 1 atom stereocenters. The van der Waals surface area contributed by atoms with Crippen LogP contribution in [0.1, 0.15) is 34.0 Å². The van der Waals surface area contributed by atoms with Gasteiger partial charge in [0.15, 0.2) is 0 Å². The number of carbonyl (C=O) groups is 1. The molecule has 0 fully saturated rings. The van der Waals surface area contributed by atoms with E-state index in [1.165, 1.54) is 7.11 Å². The molecule has 5 nitrogen and oxygen atoms in total. The summed E-state index contributed by atoms with van der Waals surface area (Å²) in [7, 11) is 1.50. The van der Waals surface area contributed by atoms with Gasteiger partial charge in [0.1, 0.15) is 23.7 Å². The molecule has 0 bridgehead atoms. The van der Waals surface area contributed by atoms with Crippen LogP contribution in [0.15, 0.2) is 0 Å². The molecule has 2 N–H and O–H groups in total. The molecule has 0 unspecified atom stereocenters. The molecule has 0 radical (unpaired) electrons. The Labute approximate surface area is 105 Å². The predicted octanol–water partition coefficient (Wildman–Crippen LogP) is 1.30. The summed E-state index contributed by atoms with van der Waals surface area (Å²) < 4.78 is 10.2. The molecule has 0 spiro atoms. The summed E-state index contributed by atoms with van der Waals surface area (Å²) in [4.78, 5) is 11.6. The second-order valence-electron chi connectivity index (χ2n) is 4.47. The lowest BCUT2D eigenvalue weighted by Gasteiger charge is -2.17. The highest BCUT2D eigenvalue weighted by molar-refractivity contribution is 5.98. The maximum Gasteiger partial charge on any atom is 0.342 e. The number of rotatable bonds is 3. The Morgan fingerprint density at radius 1 is 1.50 bits per heavy atom. The largest absolute Gasteiger partial charge is 0.507 e. The Hall–Kier alpha value is -1.75. The summed E-state index contributed by atoms with van der Waals surface area (Å²) in [6, 6.07) is 0. The second kappa shape index (κ2) is 4.49. The SMILES string of the molecule is COc1c(C)c2c(c(O)c1C[C@@H](C)O)C(=O)OC2. The fraction of sp³-hybridized carbons (Fsp3) is 0.462. The van der Waals surface area contributed by atoms with Gasteiger partial charge in [-0.1, -0.05) is 0 Å². The van der Waals surface area contributed by atoms with Gasteiger partial charge in [0.05, 0.1) is 13.2 Å². The van der Waals surface area contributed by atoms with Crippen LogP contribution in [0, 0.1) is 6.92 Å². The van der Waals surface area contributed by atoms with E-state index < -0.39 is 12.1 Å². The third kappa shape index (κ3) is 1.80. The number of carbonyl (C=O) groups excluding carboxylic acids is 1. The molecule has 1 aromatic carbocycles. The van der Waals surface area contributed by atoms with Gasteiger partial charge in [-0.25, -0.2) is 4.79 Å². The van der Waals surface area contributed by atoms with Gasteiger partial charge in [0.25, 0.3) is 0 Å². The van der Waals surface area contributed by atoms with Gasteiger partial charge in [-0.2, -0.15) is 0 Å². The first-order valence-corrected chi connectivity index (χ1v) is 5.73. The molecule has 98 valence electrons. The highest BCUT2D eigenvalue weighted by Crippen LogP contribution is 2.41.